The Morgan fingerprint density at radius 1 is 0.510 bits per heavy atom. The summed E-state index contributed by atoms with van der Waals surface area (Å²) in [5.41, 5.74) is 5.88. The van der Waals surface area contributed by atoms with Crippen molar-refractivity contribution in [2.24, 2.45) is 0 Å². The highest BCUT2D eigenvalue weighted by molar-refractivity contribution is 6.09. The van der Waals surface area contributed by atoms with Crippen molar-refractivity contribution in [3.63, 3.8) is 0 Å². The number of alkyl halides is 3. The number of fused-ring (bicyclic) bond motifs is 3. The molecule has 2 heterocycles. The van der Waals surface area contributed by atoms with Crippen LogP contribution in [0.25, 0.3) is 72.8 Å². The Kier molecular flexibility index (Phi) is 7.23. The van der Waals surface area contributed by atoms with Crippen molar-refractivity contribution in [2.45, 2.75) is 6.18 Å². The van der Waals surface area contributed by atoms with Gasteiger partial charge >= 0.3 is 6.18 Å². The number of nitriles is 1. The fourth-order valence-corrected chi connectivity index (χ4v) is 6.19. The van der Waals surface area contributed by atoms with Crippen molar-refractivity contribution in [2.75, 3.05) is 0 Å². The smallest absolute Gasteiger partial charge is 0.309 e. The number of aromatic nitrogens is 4. The number of nitrogens with zero attached hydrogens (tertiary/aromatic N) is 5. The molecule has 8 aromatic rings. The molecule has 0 aliphatic heterocycles. The van der Waals surface area contributed by atoms with Crippen LogP contribution in [0.4, 0.5) is 13.2 Å². The van der Waals surface area contributed by atoms with Crippen LogP contribution in [0.5, 0.6) is 0 Å². The molecule has 0 saturated heterocycles. The summed E-state index contributed by atoms with van der Waals surface area (Å²) < 4.78 is 43.0. The van der Waals surface area contributed by atoms with Gasteiger partial charge in [0.05, 0.1) is 28.2 Å². The van der Waals surface area contributed by atoms with Gasteiger partial charge in [-0.25, -0.2) is 15.0 Å². The lowest BCUT2D eigenvalue weighted by Gasteiger charge is -2.16. The van der Waals surface area contributed by atoms with E-state index in [1.807, 2.05) is 115 Å². The monoisotopic (exact) mass is 643 g/mol. The van der Waals surface area contributed by atoms with Crippen molar-refractivity contribution < 1.29 is 13.2 Å². The van der Waals surface area contributed by atoms with Crippen LogP contribution >= 0.6 is 0 Å². The highest BCUT2D eigenvalue weighted by Gasteiger charge is 2.30. The molecule has 0 N–H and O–H groups in total. The lowest BCUT2D eigenvalue weighted by molar-refractivity contribution is -0.137. The predicted octanol–water partition coefficient (Wildman–Crippen LogP) is 10.5. The first-order chi connectivity index (χ1) is 23.9. The Hall–Kier alpha value is -6.59. The number of para-hydroxylation sites is 1. The minimum Gasteiger partial charge on any atom is -0.309 e. The minimum atomic E-state index is -4.47. The van der Waals surface area contributed by atoms with Gasteiger partial charge in [-0.05, 0) is 65.7 Å². The van der Waals surface area contributed by atoms with E-state index in [4.69, 9.17) is 15.0 Å². The number of benzene rings is 6. The average molecular weight is 644 g/mol. The van der Waals surface area contributed by atoms with E-state index >= 15 is 0 Å². The predicted molar refractivity (Wildman–Crippen MR) is 186 cm³/mol. The van der Waals surface area contributed by atoms with Gasteiger partial charge in [-0.3, -0.25) is 0 Å². The zero-order chi connectivity index (χ0) is 33.5. The maximum Gasteiger partial charge on any atom is 0.416 e. The number of halogens is 3. The van der Waals surface area contributed by atoms with E-state index < -0.39 is 11.7 Å². The van der Waals surface area contributed by atoms with Gasteiger partial charge in [0.15, 0.2) is 17.5 Å². The van der Waals surface area contributed by atoms with Crippen LogP contribution in [0.2, 0.25) is 0 Å². The number of hydrogen-bond acceptors (Lipinski definition) is 4. The zero-order valence-electron chi connectivity index (χ0n) is 25.7. The van der Waals surface area contributed by atoms with Crippen LogP contribution in [0.1, 0.15) is 11.1 Å². The van der Waals surface area contributed by atoms with Gasteiger partial charge in [-0.2, -0.15) is 18.4 Å². The molecular weight excluding hydrogens is 619 g/mol. The van der Waals surface area contributed by atoms with Crippen LogP contribution in [-0.2, 0) is 6.18 Å². The fraction of sp³-hybridized carbons (Fsp3) is 0.0244. The Morgan fingerprint density at radius 3 is 1.73 bits per heavy atom. The summed E-state index contributed by atoms with van der Waals surface area (Å²) in [4.78, 5) is 14.6. The second-order valence-electron chi connectivity index (χ2n) is 11.5. The molecule has 0 amide bonds. The minimum absolute atomic E-state index is 0.384. The van der Waals surface area contributed by atoms with Crippen LogP contribution in [-0.4, -0.2) is 19.5 Å². The first-order valence-electron chi connectivity index (χ1n) is 15.5. The molecule has 8 heteroatoms. The van der Waals surface area contributed by atoms with E-state index in [2.05, 4.69) is 10.6 Å². The largest absolute Gasteiger partial charge is 0.416 e. The third kappa shape index (κ3) is 5.47. The molecule has 5 nitrogen and oxygen atoms in total. The average Bonchev–Trinajstić information content (AvgIpc) is 3.48. The number of hydrogen-bond donors (Lipinski definition) is 0. The Labute approximate surface area is 279 Å². The summed E-state index contributed by atoms with van der Waals surface area (Å²) in [5.74, 6) is 1.33. The molecule has 0 aliphatic rings. The number of rotatable bonds is 5. The molecule has 0 spiro atoms. The van der Waals surface area contributed by atoms with Gasteiger partial charge in [0.25, 0.3) is 0 Å². The van der Waals surface area contributed by atoms with E-state index in [0.717, 1.165) is 50.8 Å². The quantitative estimate of drug-likeness (QED) is 0.187. The summed E-state index contributed by atoms with van der Waals surface area (Å²) in [6, 6.07) is 45.9. The van der Waals surface area contributed by atoms with Crippen LogP contribution < -0.4 is 0 Å². The standard InChI is InChI=1S/C41H24F3N5/c42-41(43,44)30-18-16-27(17-19-30)34-24-31(49-36-14-8-7-13-32(36)35-23-26(25-45)15-22-37(35)49)20-21-33(34)40-47-38(28-9-3-1-4-10-28)46-39(48-40)29-11-5-2-6-12-29/h1-24H. The van der Waals surface area contributed by atoms with Crippen molar-refractivity contribution in [1.82, 2.24) is 19.5 Å². The Balaban J connectivity index is 1.39. The Morgan fingerprint density at radius 2 is 1.10 bits per heavy atom. The third-order valence-electron chi connectivity index (χ3n) is 8.53. The lowest BCUT2D eigenvalue weighted by atomic mass is 9.97. The lowest BCUT2D eigenvalue weighted by Crippen LogP contribution is -2.04. The van der Waals surface area contributed by atoms with Crippen LogP contribution in [0.3, 0.4) is 0 Å². The maximum absolute atomic E-state index is 13.6. The first kappa shape index (κ1) is 29.8. The van der Waals surface area contributed by atoms with Gasteiger partial charge in [0, 0.05) is 33.2 Å². The zero-order valence-corrected chi connectivity index (χ0v) is 25.7. The summed E-state index contributed by atoms with van der Waals surface area (Å²) >= 11 is 0. The molecular formula is C41H24F3N5. The van der Waals surface area contributed by atoms with Gasteiger partial charge in [-0.15, -0.1) is 0 Å². The first-order valence-corrected chi connectivity index (χ1v) is 15.5. The molecule has 0 unspecified atom stereocenters. The normalized spacial score (nSPS) is 11.6. The van der Waals surface area contributed by atoms with E-state index in [1.54, 1.807) is 6.07 Å². The van der Waals surface area contributed by atoms with Gasteiger partial charge < -0.3 is 4.57 Å². The Bertz CT molecular complexity index is 2480. The molecule has 0 radical (unpaired) electrons. The van der Waals surface area contributed by atoms with E-state index in [-0.39, 0.29) is 0 Å². The molecule has 2 aromatic heterocycles. The second kappa shape index (κ2) is 11.9. The highest BCUT2D eigenvalue weighted by Crippen LogP contribution is 2.39. The summed E-state index contributed by atoms with van der Waals surface area (Å²) in [6.45, 7) is 0. The summed E-state index contributed by atoms with van der Waals surface area (Å²) in [5, 5.41) is 11.5. The molecule has 234 valence electrons. The third-order valence-corrected chi connectivity index (χ3v) is 8.53. The van der Waals surface area contributed by atoms with Crippen molar-refractivity contribution in [1.29, 1.82) is 5.26 Å². The molecule has 49 heavy (non-hydrogen) atoms. The van der Waals surface area contributed by atoms with Crippen molar-refractivity contribution >= 4 is 21.8 Å². The highest BCUT2D eigenvalue weighted by atomic mass is 19.4. The van der Waals surface area contributed by atoms with E-state index in [0.29, 0.717) is 39.7 Å². The van der Waals surface area contributed by atoms with Crippen LogP contribution in [0, 0.1) is 11.3 Å². The molecule has 8 rings (SSSR count). The molecule has 0 fully saturated rings. The molecule has 0 saturated carbocycles. The van der Waals surface area contributed by atoms with Crippen molar-refractivity contribution in [3.8, 4) is 57.0 Å². The second-order valence-corrected chi connectivity index (χ2v) is 11.5. The van der Waals surface area contributed by atoms with Gasteiger partial charge in [0.1, 0.15) is 0 Å². The molecule has 6 aromatic carbocycles. The SMILES string of the molecule is N#Cc1ccc2c(c1)c1ccccc1n2-c1ccc(-c2nc(-c3ccccc3)nc(-c3ccccc3)n2)c(-c2ccc(C(F)(F)F)cc2)c1. The summed E-state index contributed by atoms with van der Waals surface area (Å²) in [7, 11) is 0. The van der Waals surface area contributed by atoms with Gasteiger partial charge in [-0.1, -0.05) is 91.0 Å². The van der Waals surface area contributed by atoms with Gasteiger partial charge in [0.2, 0.25) is 0 Å². The fourth-order valence-electron chi connectivity index (χ4n) is 6.19. The van der Waals surface area contributed by atoms with E-state index in [9.17, 15) is 18.4 Å². The molecule has 0 bridgehead atoms. The molecule has 0 atom stereocenters. The molecule has 0 aliphatic carbocycles. The topological polar surface area (TPSA) is 67.4 Å². The summed E-state index contributed by atoms with van der Waals surface area (Å²) in [6.07, 6.45) is -4.47. The van der Waals surface area contributed by atoms with Crippen molar-refractivity contribution in [3.05, 3.63) is 157 Å². The van der Waals surface area contributed by atoms with E-state index in [1.165, 1.54) is 12.1 Å². The van der Waals surface area contributed by atoms with Crippen LogP contribution in [0.15, 0.2) is 146 Å². The maximum atomic E-state index is 13.6.